The second kappa shape index (κ2) is 9.04. The first-order valence-electron chi connectivity index (χ1n) is 9.47. The van der Waals surface area contributed by atoms with E-state index in [4.69, 9.17) is 4.74 Å². The van der Waals surface area contributed by atoms with Crippen molar-refractivity contribution in [3.8, 4) is 16.3 Å². The lowest BCUT2D eigenvalue weighted by Crippen LogP contribution is -2.48. The average molecular weight is 408 g/mol. The van der Waals surface area contributed by atoms with Gasteiger partial charge in [0.25, 0.3) is 5.91 Å². The maximum Gasteiger partial charge on any atom is 0.270 e. The highest BCUT2D eigenvalue weighted by Crippen LogP contribution is 2.28. The summed E-state index contributed by atoms with van der Waals surface area (Å²) in [5, 5.41) is 9.49. The van der Waals surface area contributed by atoms with Gasteiger partial charge in [-0.2, -0.15) is 0 Å². The van der Waals surface area contributed by atoms with Crippen LogP contribution in [0.4, 0.5) is 0 Å². The minimum Gasteiger partial charge on any atom is -0.494 e. The molecular weight excluding hydrogens is 382 g/mol. The molecule has 2 unspecified atom stereocenters. The average Bonchev–Trinajstić information content (AvgIpc) is 3.27. The van der Waals surface area contributed by atoms with Crippen molar-refractivity contribution in [3.63, 3.8) is 0 Å². The van der Waals surface area contributed by atoms with E-state index >= 15 is 0 Å². The van der Waals surface area contributed by atoms with Gasteiger partial charge in [0, 0.05) is 29.1 Å². The predicted molar refractivity (Wildman–Crippen MR) is 111 cm³/mol. The summed E-state index contributed by atoms with van der Waals surface area (Å²) < 4.78 is 5.61. The number of thiazole rings is 1. The summed E-state index contributed by atoms with van der Waals surface area (Å²) in [4.78, 5) is 17.1. The fourth-order valence-corrected chi connectivity index (χ4v) is 4.66. The highest BCUT2D eigenvalue weighted by molar-refractivity contribution is 7.13. The van der Waals surface area contributed by atoms with E-state index in [0.29, 0.717) is 17.8 Å². The Morgan fingerprint density at radius 1 is 1.26 bits per heavy atom. The summed E-state index contributed by atoms with van der Waals surface area (Å²) in [5.41, 5.74) is 1.53. The number of nitrogens with zero attached hydrogens (tertiary/aromatic N) is 1. The summed E-state index contributed by atoms with van der Waals surface area (Å²) in [6.07, 6.45) is 5.51. The number of halogens is 1. The van der Waals surface area contributed by atoms with Crippen LogP contribution in [0.5, 0.6) is 5.75 Å². The van der Waals surface area contributed by atoms with Crippen LogP contribution in [0.2, 0.25) is 0 Å². The first-order chi connectivity index (χ1) is 12.7. The van der Waals surface area contributed by atoms with E-state index in [-0.39, 0.29) is 24.4 Å². The Balaban J connectivity index is 0.00000210. The van der Waals surface area contributed by atoms with Gasteiger partial charge in [0.15, 0.2) is 0 Å². The molecule has 3 heterocycles. The number of carbonyl (C=O) groups is 1. The van der Waals surface area contributed by atoms with Crippen LogP contribution in [0.1, 0.15) is 49.5 Å². The van der Waals surface area contributed by atoms with Gasteiger partial charge in [0.1, 0.15) is 16.5 Å². The molecular formula is C20H26ClN3O2S. The number of aromatic nitrogens is 1. The van der Waals surface area contributed by atoms with Gasteiger partial charge in [-0.1, -0.05) is 6.92 Å². The smallest absolute Gasteiger partial charge is 0.270 e. The van der Waals surface area contributed by atoms with Gasteiger partial charge in [0.2, 0.25) is 0 Å². The van der Waals surface area contributed by atoms with E-state index in [0.717, 1.165) is 42.2 Å². The maximum atomic E-state index is 12.6. The predicted octanol–water partition coefficient (Wildman–Crippen LogP) is 4.03. The van der Waals surface area contributed by atoms with Gasteiger partial charge >= 0.3 is 0 Å². The summed E-state index contributed by atoms with van der Waals surface area (Å²) in [6.45, 7) is 2.81. The van der Waals surface area contributed by atoms with Crippen LogP contribution in [-0.4, -0.2) is 35.6 Å². The lowest BCUT2D eigenvalue weighted by atomic mass is 10.00. The SMILES string of the molecule is CCCOc1ccc(-c2nc(C(=O)NC3CC4CCC(C3)N4)cs2)cc1.Cl. The molecule has 1 amide bonds. The van der Waals surface area contributed by atoms with E-state index < -0.39 is 0 Å². The molecule has 2 atom stereocenters. The minimum absolute atomic E-state index is 0. The van der Waals surface area contributed by atoms with Crippen LogP contribution >= 0.6 is 23.7 Å². The van der Waals surface area contributed by atoms with E-state index in [2.05, 4.69) is 22.5 Å². The molecule has 4 rings (SSSR count). The van der Waals surface area contributed by atoms with Crippen LogP contribution < -0.4 is 15.4 Å². The second-order valence-corrected chi connectivity index (χ2v) is 8.05. The molecule has 2 N–H and O–H groups in total. The Morgan fingerprint density at radius 3 is 2.63 bits per heavy atom. The summed E-state index contributed by atoms with van der Waals surface area (Å²) in [5.74, 6) is 0.812. The molecule has 2 bridgehead atoms. The molecule has 2 aromatic rings. The van der Waals surface area contributed by atoms with E-state index in [1.165, 1.54) is 24.2 Å². The van der Waals surface area contributed by atoms with Crippen molar-refractivity contribution in [2.24, 2.45) is 0 Å². The largest absolute Gasteiger partial charge is 0.494 e. The number of amides is 1. The number of fused-ring (bicyclic) bond motifs is 2. The first kappa shape index (κ1) is 20.1. The normalized spacial score (nSPS) is 23.5. The molecule has 1 aromatic heterocycles. The van der Waals surface area contributed by atoms with Gasteiger partial charge in [-0.3, -0.25) is 4.79 Å². The number of piperidine rings is 1. The molecule has 0 radical (unpaired) electrons. The van der Waals surface area contributed by atoms with Crippen molar-refractivity contribution in [1.82, 2.24) is 15.6 Å². The molecule has 0 aliphatic carbocycles. The van der Waals surface area contributed by atoms with Crippen molar-refractivity contribution in [2.75, 3.05) is 6.61 Å². The number of ether oxygens (including phenoxy) is 1. The third kappa shape index (κ3) is 4.81. The number of hydrogen-bond donors (Lipinski definition) is 2. The molecule has 2 fully saturated rings. The van der Waals surface area contributed by atoms with Gasteiger partial charge < -0.3 is 15.4 Å². The molecule has 2 aliphatic rings. The van der Waals surface area contributed by atoms with Crippen molar-refractivity contribution < 1.29 is 9.53 Å². The fraction of sp³-hybridized carbons (Fsp3) is 0.500. The quantitative estimate of drug-likeness (QED) is 0.758. The van der Waals surface area contributed by atoms with Gasteiger partial charge in [0.05, 0.1) is 6.61 Å². The monoisotopic (exact) mass is 407 g/mol. The zero-order valence-corrected chi connectivity index (χ0v) is 17.1. The number of hydrogen-bond acceptors (Lipinski definition) is 5. The Morgan fingerprint density at radius 2 is 1.96 bits per heavy atom. The van der Waals surface area contributed by atoms with E-state index in [9.17, 15) is 4.79 Å². The van der Waals surface area contributed by atoms with Crippen LogP contribution in [0.25, 0.3) is 10.6 Å². The molecule has 27 heavy (non-hydrogen) atoms. The number of rotatable bonds is 6. The molecule has 0 spiro atoms. The van der Waals surface area contributed by atoms with Crippen molar-refractivity contribution >= 4 is 29.7 Å². The topological polar surface area (TPSA) is 63.2 Å². The summed E-state index contributed by atoms with van der Waals surface area (Å²) in [6, 6.07) is 9.30. The highest BCUT2D eigenvalue weighted by Gasteiger charge is 2.34. The van der Waals surface area contributed by atoms with Crippen molar-refractivity contribution in [3.05, 3.63) is 35.3 Å². The highest BCUT2D eigenvalue weighted by atomic mass is 35.5. The zero-order chi connectivity index (χ0) is 17.9. The molecule has 5 nitrogen and oxygen atoms in total. The Hall–Kier alpha value is -1.63. The zero-order valence-electron chi connectivity index (χ0n) is 15.4. The number of nitrogens with one attached hydrogen (secondary N) is 2. The fourth-order valence-electron chi connectivity index (χ4n) is 3.86. The van der Waals surface area contributed by atoms with Crippen molar-refractivity contribution in [2.45, 2.75) is 57.2 Å². The maximum absolute atomic E-state index is 12.6. The molecule has 146 valence electrons. The van der Waals surface area contributed by atoms with Crippen LogP contribution in [0.15, 0.2) is 29.6 Å². The Bertz CT molecular complexity index is 753. The number of carbonyl (C=O) groups excluding carboxylic acids is 1. The van der Waals surface area contributed by atoms with Crippen LogP contribution in [-0.2, 0) is 0 Å². The van der Waals surface area contributed by atoms with Gasteiger partial charge in [-0.15, -0.1) is 23.7 Å². The molecule has 2 aliphatic heterocycles. The minimum atomic E-state index is -0.0540. The standard InChI is InChI=1S/C20H25N3O2S.ClH/c1-2-9-25-17-7-3-13(4-8-17)20-23-18(12-26-20)19(24)22-16-10-14-5-6-15(11-16)21-14;/h3-4,7-8,12,14-16,21H,2,5-6,9-11H2,1H3,(H,22,24);1H. The van der Waals surface area contributed by atoms with Crippen molar-refractivity contribution in [1.29, 1.82) is 0 Å². The second-order valence-electron chi connectivity index (χ2n) is 7.19. The molecule has 1 aromatic carbocycles. The van der Waals surface area contributed by atoms with Crippen LogP contribution in [0.3, 0.4) is 0 Å². The first-order valence-corrected chi connectivity index (χ1v) is 10.3. The molecule has 7 heteroatoms. The van der Waals surface area contributed by atoms with Crippen LogP contribution in [0, 0.1) is 0 Å². The van der Waals surface area contributed by atoms with Gasteiger partial charge in [-0.25, -0.2) is 4.98 Å². The third-order valence-electron chi connectivity index (χ3n) is 5.12. The lowest BCUT2D eigenvalue weighted by Gasteiger charge is -2.29. The number of benzene rings is 1. The molecule has 0 saturated carbocycles. The Labute approximate surface area is 170 Å². The van der Waals surface area contributed by atoms with Gasteiger partial charge in [-0.05, 0) is 56.4 Å². The third-order valence-corrected chi connectivity index (χ3v) is 6.01. The molecule has 2 saturated heterocycles. The summed E-state index contributed by atoms with van der Waals surface area (Å²) in [7, 11) is 0. The van der Waals surface area contributed by atoms with E-state index in [1.807, 2.05) is 29.6 Å². The lowest BCUT2D eigenvalue weighted by molar-refractivity contribution is 0.0919. The summed E-state index contributed by atoms with van der Waals surface area (Å²) >= 11 is 1.51. The van der Waals surface area contributed by atoms with E-state index in [1.54, 1.807) is 0 Å². The Kier molecular flexibility index (Phi) is 6.73.